The molecule has 1 aromatic rings. The summed E-state index contributed by atoms with van der Waals surface area (Å²) in [6.45, 7) is 2.13. The summed E-state index contributed by atoms with van der Waals surface area (Å²) in [7, 11) is 1.67. The molecule has 0 atom stereocenters. The molecule has 0 saturated heterocycles. The predicted molar refractivity (Wildman–Crippen MR) is 88.1 cm³/mol. The van der Waals surface area contributed by atoms with Gasteiger partial charge in [0.2, 0.25) is 0 Å². The van der Waals surface area contributed by atoms with Crippen LogP contribution in [0.1, 0.15) is 63.9 Å². The largest absolute Gasteiger partial charge is 0.497 e. The van der Waals surface area contributed by atoms with E-state index in [4.69, 9.17) is 9.47 Å². The third kappa shape index (κ3) is 4.75. The molecule has 1 saturated carbocycles. The Morgan fingerprint density at radius 3 is 2.41 bits per heavy atom. The highest BCUT2D eigenvalue weighted by molar-refractivity contribution is 5.69. The van der Waals surface area contributed by atoms with Gasteiger partial charge in [-0.1, -0.05) is 19.1 Å². The van der Waals surface area contributed by atoms with E-state index in [9.17, 15) is 4.79 Å². The number of carbonyl (C=O) groups is 1. The maximum absolute atomic E-state index is 12.0. The zero-order valence-electron chi connectivity index (χ0n) is 13.9. The Labute approximate surface area is 134 Å². The first-order valence-corrected chi connectivity index (χ1v) is 8.52. The molecule has 1 aliphatic rings. The smallest absolute Gasteiger partial charge is 0.306 e. The predicted octanol–water partition coefficient (Wildman–Crippen LogP) is 4.67. The number of aryl methyl sites for hydroxylation is 1. The summed E-state index contributed by atoms with van der Waals surface area (Å²) in [6.07, 6.45) is 8.86. The molecule has 1 aromatic carbocycles. The quantitative estimate of drug-likeness (QED) is 0.517. The molecule has 3 heteroatoms. The van der Waals surface area contributed by atoms with Crippen molar-refractivity contribution < 1.29 is 14.3 Å². The molecule has 1 fully saturated rings. The molecule has 0 amide bonds. The Balaban J connectivity index is 1.66. The van der Waals surface area contributed by atoms with Gasteiger partial charge < -0.3 is 9.47 Å². The normalized spacial score (nSPS) is 16.5. The standard InChI is InChI=1S/C19H28O3/c1-3-19(14-6-7-15-19)22-18(20)9-5-4-8-16-10-12-17(21-2)13-11-16/h10-13H,3-9,14-15H2,1-2H3. The molecule has 2 rings (SSSR count). The number of hydrogen-bond donors (Lipinski definition) is 0. The highest BCUT2D eigenvalue weighted by Crippen LogP contribution is 2.36. The van der Waals surface area contributed by atoms with Crippen LogP contribution >= 0.6 is 0 Å². The number of esters is 1. The molecular formula is C19H28O3. The Hall–Kier alpha value is -1.51. The van der Waals surface area contributed by atoms with Crippen LogP contribution in [0.15, 0.2) is 24.3 Å². The molecule has 0 aromatic heterocycles. The minimum Gasteiger partial charge on any atom is -0.497 e. The zero-order valence-corrected chi connectivity index (χ0v) is 13.9. The molecule has 3 nitrogen and oxygen atoms in total. The Bertz CT molecular complexity index is 458. The number of methoxy groups -OCH3 is 1. The van der Waals surface area contributed by atoms with Crippen LogP contribution in [0, 0.1) is 0 Å². The Morgan fingerprint density at radius 2 is 1.82 bits per heavy atom. The maximum atomic E-state index is 12.0. The lowest BCUT2D eigenvalue weighted by molar-refractivity contribution is -0.159. The molecule has 22 heavy (non-hydrogen) atoms. The molecule has 0 bridgehead atoms. The van der Waals surface area contributed by atoms with Crippen molar-refractivity contribution in [1.82, 2.24) is 0 Å². The van der Waals surface area contributed by atoms with Crippen LogP contribution in [0.2, 0.25) is 0 Å². The molecule has 0 unspecified atom stereocenters. The summed E-state index contributed by atoms with van der Waals surface area (Å²) in [5.74, 6) is 0.868. The highest BCUT2D eigenvalue weighted by atomic mass is 16.6. The van der Waals surface area contributed by atoms with Crippen molar-refractivity contribution in [2.24, 2.45) is 0 Å². The molecule has 0 heterocycles. The average Bonchev–Trinajstić information content (AvgIpc) is 3.01. The van der Waals surface area contributed by atoms with E-state index in [1.807, 2.05) is 12.1 Å². The van der Waals surface area contributed by atoms with Crippen molar-refractivity contribution in [2.75, 3.05) is 7.11 Å². The first kappa shape index (κ1) is 16.9. The first-order chi connectivity index (χ1) is 10.7. The van der Waals surface area contributed by atoms with Gasteiger partial charge in [0.15, 0.2) is 0 Å². The van der Waals surface area contributed by atoms with E-state index in [1.165, 1.54) is 18.4 Å². The van der Waals surface area contributed by atoms with Crippen molar-refractivity contribution >= 4 is 5.97 Å². The van der Waals surface area contributed by atoms with Crippen molar-refractivity contribution in [2.45, 2.75) is 70.3 Å². The Kier molecular flexibility index (Phi) is 6.29. The summed E-state index contributed by atoms with van der Waals surface area (Å²) in [4.78, 5) is 12.0. The van der Waals surface area contributed by atoms with Gasteiger partial charge in [-0.3, -0.25) is 4.79 Å². The minimum atomic E-state index is -0.146. The second-order valence-electron chi connectivity index (χ2n) is 6.27. The summed E-state index contributed by atoms with van der Waals surface area (Å²) in [5.41, 5.74) is 1.14. The third-order valence-electron chi connectivity index (χ3n) is 4.74. The van der Waals surface area contributed by atoms with Crippen LogP contribution in [0.25, 0.3) is 0 Å². The van der Waals surface area contributed by atoms with Crippen molar-refractivity contribution in [1.29, 1.82) is 0 Å². The van der Waals surface area contributed by atoms with E-state index in [0.29, 0.717) is 6.42 Å². The molecule has 0 N–H and O–H groups in total. The fraction of sp³-hybridized carbons (Fsp3) is 0.632. The van der Waals surface area contributed by atoms with Crippen LogP contribution in [0.5, 0.6) is 5.75 Å². The molecule has 0 spiro atoms. The van der Waals surface area contributed by atoms with Gasteiger partial charge in [-0.25, -0.2) is 0 Å². The number of carbonyl (C=O) groups excluding carboxylic acids is 1. The van der Waals surface area contributed by atoms with E-state index >= 15 is 0 Å². The van der Waals surface area contributed by atoms with Gasteiger partial charge in [-0.2, -0.15) is 0 Å². The zero-order chi connectivity index (χ0) is 15.8. The highest BCUT2D eigenvalue weighted by Gasteiger charge is 2.35. The van der Waals surface area contributed by atoms with Gasteiger partial charge in [0.05, 0.1) is 7.11 Å². The molecule has 0 aliphatic heterocycles. The maximum Gasteiger partial charge on any atom is 0.306 e. The fourth-order valence-electron chi connectivity index (χ4n) is 3.23. The van der Waals surface area contributed by atoms with Crippen molar-refractivity contribution in [3.63, 3.8) is 0 Å². The van der Waals surface area contributed by atoms with Crippen LogP contribution in [-0.4, -0.2) is 18.7 Å². The number of ether oxygens (including phenoxy) is 2. The minimum absolute atomic E-state index is 0.0153. The van der Waals surface area contributed by atoms with Crippen LogP contribution in [-0.2, 0) is 16.0 Å². The Morgan fingerprint density at radius 1 is 1.14 bits per heavy atom. The first-order valence-electron chi connectivity index (χ1n) is 8.52. The van der Waals surface area contributed by atoms with E-state index in [2.05, 4.69) is 19.1 Å². The van der Waals surface area contributed by atoms with Gasteiger partial charge in [-0.05, 0) is 69.1 Å². The van der Waals surface area contributed by atoms with Gasteiger partial charge >= 0.3 is 5.97 Å². The average molecular weight is 304 g/mol. The van der Waals surface area contributed by atoms with Gasteiger partial charge in [0.25, 0.3) is 0 Å². The topological polar surface area (TPSA) is 35.5 Å². The van der Waals surface area contributed by atoms with E-state index in [0.717, 1.165) is 44.3 Å². The number of rotatable bonds is 8. The van der Waals surface area contributed by atoms with Crippen LogP contribution < -0.4 is 4.74 Å². The lowest BCUT2D eigenvalue weighted by atomic mass is 9.99. The lowest BCUT2D eigenvalue weighted by Gasteiger charge is -2.27. The van der Waals surface area contributed by atoms with E-state index < -0.39 is 0 Å². The van der Waals surface area contributed by atoms with Crippen LogP contribution in [0.3, 0.4) is 0 Å². The number of hydrogen-bond acceptors (Lipinski definition) is 3. The van der Waals surface area contributed by atoms with E-state index in [1.54, 1.807) is 7.11 Å². The number of benzene rings is 1. The van der Waals surface area contributed by atoms with Crippen molar-refractivity contribution in [3.8, 4) is 5.75 Å². The fourth-order valence-corrected chi connectivity index (χ4v) is 3.23. The molecule has 122 valence electrons. The molecule has 1 aliphatic carbocycles. The second-order valence-corrected chi connectivity index (χ2v) is 6.27. The monoisotopic (exact) mass is 304 g/mol. The van der Waals surface area contributed by atoms with Crippen molar-refractivity contribution in [3.05, 3.63) is 29.8 Å². The summed E-state index contributed by atoms with van der Waals surface area (Å²) in [5, 5.41) is 0. The van der Waals surface area contributed by atoms with Gasteiger partial charge in [0, 0.05) is 6.42 Å². The summed E-state index contributed by atoms with van der Waals surface area (Å²) >= 11 is 0. The lowest BCUT2D eigenvalue weighted by Crippen LogP contribution is -2.31. The van der Waals surface area contributed by atoms with E-state index in [-0.39, 0.29) is 11.6 Å². The SMILES string of the molecule is CCC1(OC(=O)CCCCc2ccc(OC)cc2)CCCC1. The third-order valence-corrected chi connectivity index (χ3v) is 4.74. The second kappa shape index (κ2) is 8.21. The summed E-state index contributed by atoms with van der Waals surface area (Å²) in [6, 6.07) is 8.13. The van der Waals surface area contributed by atoms with Crippen LogP contribution in [0.4, 0.5) is 0 Å². The van der Waals surface area contributed by atoms with Gasteiger partial charge in [0.1, 0.15) is 11.4 Å². The molecule has 0 radical (unpaired) electrons. The van der Waals surface area contributed by atoms with Gasteiger partial charge in [-0.15, -0.1) is 0 Å². The summed E-state index contributed by atoms with van der Waals surface area (Å²) < 4.78 is 10.9. The molecular weight excluding hydrogens is 276 g/mol. The number of unbranched alkanes of at least 4 members (excludes halogenated alkanes) is 1.